The first-order chi connectivity index (χ1) is 9.16. The molecule has 0 spiro atoms. The summed E-state index contributed by atoms with van der Waals surface area (Å²) in [7, 11) is 0. The molecular formula is C9H11FN4O5. The van der Waals surface area contributed by atoms with Gasteiger partial charge in [-0.15, -0.1) is 0 Å². The Balaban J connectivity index is 3.13. The molecule has 0 bridgehead atoms. The standard InChI is InChI=1S/C9H11FN4O5/c1-3(11)7(16)19-8(17)5(12)14-2-4(10)6(15)13-9(14)18/h2-3,5H,11-12H2,1H3,(H,13,15,18)/t3-,5?/m0/s1/i/hD. The van der Waals surface area contributed by atoms with Crippen molar-refractivity contribution in [2.45, 2.75) is 19.1 Å². The second kappa shape index (κ2) is 5.54. The fourth-order valence-corrected chi connectivity index (χ4v) is 0.996. The van der Waals surface area contributed by atoms with Gasteiger partial charge < -0.3 is 16.2 Å². The lowest BCUT2D eigenvalue weighted by molar-refractivity contribution is -0.162. The summed E-state index contributed by atoms with van der Waals surface area (Å²) >= 11 is 0. The number of carbonyl (C=O) groups is 2. The van der Waals surface area contributed by atoms with Crippen molar-refractivity contribution in [3.05, 3.63) is 32.9 Å². The lowest BCUT2D eigenvalue weighted by atomic mass is 10.4. The van der Waals surface area contributed by atoms with Crippen LogP contribution in [0.25, 0.3) is 0 Å². The van der Waals surface area contributed by atoms with E-state index in [2.05, 4.69) is 4.74 Å². The first-order valence-electron chi connectivity index (χ1n) is 5.41. The Morgan fingerprint density at radius 1 is 1.47 bits per heavy atom. The van der Waals surface area contributed by atoms with Crippen LogP contribution in [-0.4, -0.2) is 27.5 Å². The maximum Gasteiger partial charge on any atom is 0.351 e. The van der Waals surface area contributed by atoms with Gasteiger partial charge >= 0.3 is 17.6 Å². The Morgan fingerprint density at radius 3 is 2.58 bits per heavy atom. The number of nitrogens with zero attached hydrogens (tertiary/aromatic N) is 1. The molecule has 2 atom stereocenters. The van der Waals surface area contributed by atoms with Gasteiger partial charge in [0.1, 0.15) is 6.04 Å². The van der Waals surface area contributed by atoms with Crippen LogP contribution in [0.1, 0.15) is 13.1 Å². The number of nitrogens with two attached hydrogens (primary N) is 2. The van der Waals surface area contributed by atoms with Crippen LogP contribution >= 0.6 is 0 Å². The first kappa shape index (κ1) is 13.1. The Kier molecular flexibility index (Phi) is 3.82. The molecule has 0 fully saturated rings. The number of hydrogen-bond acceptors (Lipinski definition) is 7. The number of H-pyrrole nitrogens is 1. The van der Waals surface area contributed by atoms with Crippen LogP contribution in [0.5, 0.6) is 0 Å². The van der Waals surface area contributed by atoms with Crippen molar-refractivity contribution in [2.24, 2.45) is 11.5 Å². The summed E-state index contributed by atoms with van der Waals surface area (Å²) < 4.78 is 24.6. The normalized spacial score (nSPS) is 14.4. The summed E-state index contributed by atoms with van der Waals surface area (Å²) in [5, 5.41) is 0. The van der Waals surface area contributed by atoms with E-state index in [1.165, 1.54) is 6.92 Å². The molecule has 104 valence electrons. The number of aromatic amines is 1. The largest absolute Gasteiger partial charge is 0.389 e. The van der Waals surface area contributed by atoms with Crippen LogP contribution in [0, 0.1) is 5.82 Å². The van der Waals surface area contributed by atoms with E-state index < -0.39 is 41.2 Å². The quantitative estimate of drug-likeness (QED) is 0.409. The zero-order valence-corrected chi connectivity index (χ0v) is 9.70. The average molecular weight is 275 g/mol. The summed E-state index contributed by atoms with van der Waals surface area (Å²) in [6.45, 7) is 1.25. The molecule has 0 aliphatic rings. The van der Waals surface area contributed by atoms with Gasteiger partial charge in [0, 0.05) is 0 Å². The molecule has 1 unspecified atom stereocenters. The molecule has 19 heavy (non-hydrogen) atoms. The van der Waals surface area contributed by atoms with E-state index in [1.54, 1.807) is 0 Å². The number of hydrogen-bond donors (Lipinski definition) is 3. The molecule has 0 saturated carbocycles. The molecule has 0 amide bonds. The molecule has 5 N–H and O–H groups in total. The Bertz CT molecular complexity index is 667. The first-order valence-corrected chi connectivity index (χ1v) is 4.96. The van der Waals surface area contributed by atoms with E-state index >= 15 is 0 Å². The minimum Gasteiger partial charge on any atom is -0.389 e. The molecule has 1 aromatic heterocycles. The second-order valence-corrected chi connectivity index (χ2v) is 3.56. The van der Waals surface area contributed by atoms with Crippen LogP contribution in [0.15, 0.2) is 15.8 Å². The number of carbonyl (C=O) groups excluding carboxylic acids is 2. The third kappa shape index (κ3) is 3.33. The van der Waals surface area contributed by atoms with Crippen molar-refractivity contribution in [2.75, 3.05) is 0 Å². The highest BCUT2D eigenvalue weighted by Crippen LogP contribution is 1.99. The van der Waals surface area contributed by atoms with Crippen LogP contribution < -0.4 is 22.7 Å². The highest BCUT2D eigenvalue weighted by molar-refractivity contribution is 5.89. The van der Waals surface area contributed by atoms with E-state index in [0.29, 0.717) is 6.20 Å². The van der Waals surface area contributed by atoms with Crippen LogP contribution in [-0.2, 0) is 14.3 Å². The zero-order valence-electron chi connectivity index (χ0n) is 10.7. The fourth-order valence-electron chi connectivity index (χ4n) is 0.996. The van der Waals surface area contributed by atoms with E-state index in [-0.39, 0.29) is 9.54 Å². The highest BCUT2D eigenvalue weighted by atomic mass is 19.1. The topological polar surface area (TPSA) is 150 Å². The molecule has 9 nitrogen and oxygen atoms in total. The number of esters is 2. The lowest BCUT2D eigenvalue weighted by Gasteiger charge is -2.13. The van der Waals surface area contributed by atoms with Gasteiger partial charge in [-0.05, 0) is 6.92 Å². The second-order valence-electron chi connectivity index (χ2n) is 3.56. The van der Waals surface area contributed by atoms with Crippen molar-refractivity contribution >= 4 is 11.9 Å². The van der Waals surface area contributed by atoms with Crippen LogP contribution in [0.3, 0.4) is 0 Å². The van der Waals surface area contributed by atoms with Crippen molar-refractivity contribution in [3.8, 4) is 0 Å². The van der Waals surface area contributed by atoms with Crippen molar-refractivity contribution in [1.82, 2.24) is 9.54 Å². The van der Waals surface area contributed by atoms with Crippen LogP contribution in [0.4, 0.5) is 4.39 Å². The molecule has 10 heteroatoms. The fraction of sp³-hybridized carbons (Fsp3) is 0.333. The number of halogens is 1. The maximum absolute atomic E-state index is 13.1. The van der Waals surface area contributed by atoms with Gasteiger partial charge in [0.25, 0.3) is 5.56 Å². The average Bonchev–Trinajstić information content (AvgIpc) is 2.39. The summed E-state index contributed by atoms with van der Waals surface area (Å²) in [4.78, 5) is 44.7. The third-order valence-corrected chi connectivity index (χ3v) is 1.99. The van der Waals surface area contributed by atoms with Gasteiger partial charge in [0.05, 0.1) is 6.20 Å². The van der Waals surface area contributed by atoms with E-state index in [0.717, 1.165) is 0 Å². The maximum atomic E-state index is 13.1. The Labute approximate surface area is 106 Å². The minimum absolute atomic E-state index is 0.251. The predicted molar refractivity (Wildman–Crippen MR) is 59.3 cm³/mol. The highest BCUT2D eigenvalue weighted by Gasteiger charge is 2.24. The number of aromatic nitrogens is 2. The molecular weight excluding hydrogens is 263 g/mol. The summed E-state index contributed by atoms with van der Waals surface area (Å²) in [6.07, 6.45) is -1.56. The molecule has 0 saturated heterocycles. The van der Waals surface area contributed by atoms with Gasteiger partial charge in [-0.2, -0.15) is 4.39 Å². The monoisotopic (exact) mass is 275 g/mol. The zero-order chi connectivity index (χ0) is 15.6. The molecule has 0 aliphatic heterocycles. The molecule has 0 radical (unpaired) electrons. The van der Waals surface area contributed by atoms with Gasteiger partial charge in [0.2, 0.25) is 5.82 Å². The van der Waals surface area contributed by atoms with E-state index in [4.69, 9.17) is 12.9 Å². The Hall–Kier alpha value is -2.33. The summed E-state index contributed by atoms with van der Waals surface area (Å²) in [6, 6.07) is -1.11. The number of nitrogens with one attached hydrogen (secondary N) is 1. The van der Waals surface area contributed by atoms with Gasteiger partial charge in [-0.1, -0.05) is 0 Å². The minimum atomic E-state index is -1.91. The van der Waals surface area contributed by atoms with Crippen molar-refractivity contribution < 1.29 is 20.1 Å². The summed E-state index contributed by atoms with van der Waals surface area (Å²) in [5.41, 5.74) is 7.59. The van der Waals surface area contributed by atoms with Crippen LogP contribution in [0.2, 0.25) is 1.41 Å². The molecule has 1 rings (SSSR count). The SMILES string of the molecule is [2H]n1c(=O)c(F)cn(C(N)C(=O)OC(=O)[C@H](C)N)c1=O. The number of ether oxygens (including phenoxy) is 1. The molecule has 0 aliphatic carbocycles. The lowest BCUT2D eigenvalue weighted by Crippen LogP contribution is -2.42. The molecule has 1 aromatic rings. The van der Waals surface area contributed by atoms with E-state index in [9.17, 15) is 23.6 Å². The third-order valence-electron chi connectivity index (χ3n) is 1.99. The number of rotatable bonds is 3. The van der Waals surface area contributed by atoms with Gasteiger partial charge in [-0.3, -0.25) is 14.3 Å². The van der Waals surface area contributed by atoms with E-state index in [1.807, 2.05) is 0 Å². The molecule has 0 aromatic carbocycles. The Morgan fingerprint density at radius 2 is 2.05 bits per heavy atom. The predicted octanol–water partition coefficient (Wildman–Crippen LogP) is -2.45. The van der Waals surface area contributed by atoms with Crippen molar-refractivity contribution in [1.29, 1.82) is 0 Å². The van der Waals surface area contributed by atoms with Gasteiger partial charge in [-0.25, -0.2) is 14.4 Å². The smallest absolute Gasteiger partial charge is 0.351 e. The summed E-state index contributed by atoms with van der Waals surface area (Å²) in [5.74, 6) is -3.95. The van der Waals surface area contributed by atoms with Gasteiger partial charge in [0.15, 0.2) is 7.58 Å². The molecule has 1 heterocycles. The van der Waals surface area contributed by atoms with Crippen molar-refractivity contribution in [3.63, 3.8) is 0 Å².